The summed E-state index contributed by atoms with van der Waals surface area (Å²) in [6.45, 7) is 1.88. The summed E-state index contributed by atoms with van der Waals surface area (Å²) in [4.78, 5) is 16.7. The van der Waals surface area contributed by atoms with Crippen LogP contribution in [0, 0.1) is 5.82 Å². The molecule has 0 saturated carbocycles. The van der Waals surface area contributed by atoms with Gasteiger partial charge >= 0.3 is 0 Å². The lowest BCUT2D eigenvalue weighted by molar-refractivity contribution is -0.118. The van der Waals surface area contributed by atoms with Gasteiger partial charge in [0.15, 0.2) is 11.8 Å². The number of anilines is 1. The molecule has 3 N–H and O–H groups in total. The summed E-state index contributed by atoms with van der Waals surface area (Å²) in [5.41, 5.74) is 7.15. The molecule has 0 fully saturated rings. The van der Waals surface area contributed by atoms with E-state index in [2.05, 4.69) is 10.3 Å². The predicted molar refractivity (Wildman–Crippen MR) is 103 cm³/mol. The molecular formula is C19H20FN3O2S. The van der Waals surface area contributed by atoms with Crippen molar-refractivity contribution in [3.05, 3.63) is 59.9 Å². The van der Waals surface area contributed by atoms with Crippen molar-refractivity contribution in [2.75, 3.05) is 17.7 Å². The third kappa shape index (κ3) is 4.54. The highest BCUT2D eigenvalue weighted by Gasteiger charge is 2.29. The number of nitrogens with zero attached hydrogens (tertiary/aromatic N) is 1. The second-order valence-electron chi connectivity index (χ2n) is 6.19. The van der Waals surface area contributed by atoms with Crippen LogP contribution in [0.3, 0.4) is 0 Å². The Balaban J connectivity index is 1.64. The second kappa shape index (κ2) is 7.78. The SMILES string of the molecule is CC1(c2cccc(NC(=O)COc3ccc(F)cc3)c2)CCSC(N)=N1. The van der Waals surface area contributed by atoms with Crippen LogP contribution >= 0.6 is 11.8 Å². The number of benzene rings is 2. The van der Waals surface area contributed by atoms with Gasteiger partial charge in [-0.1, -0.05) is 23.9 Å². The molecule has 0 bridgehead atoms. The minimum atomic E-state index is -0.388. The molecule has 0 saturated heterocycles. The Morgan fingerprint density at radius 1 is 1.35 bits per heavy atom. The van der Waals surface area contributed by atoms with Crippen LogP contribution in [0.5, 0.6) is 5.75 Å². The lowest BCUT2D eigenvalue weighted by Crippen LogP contribution is -2.29. The summed E-state index contributed by atoms with van der Waals surface area (Å²) in [6.07, 6.45) is 0.878. The molecule has 0 radical (unpaired) electrons. The molecule has 0 aliphatic carbocycles. The third-order valence-corrected chi connectivity index (χ3v) is 4.94. The minimum absolute atomic E-state index is 0.158. The number of carbonyl (C=O) groups excluding carboxylic acids is 1. The van der Waals surface area contributed by atoms with Crippen LogP contribution in [0.1, 0.15) is 18.9 Å². The van der Waals surface area contributed by atoms with E-state index < -0.39 is 0 Å². The molecule has 1 heterocycles. The van der Waals surface area contributed by atoms with E-state index in [4.69, 9.17) is 10.5 Å². The van der Waals surface area contributed by atoms with E-state index in [0.29, 0.717) is 16.6 Å². The number of carbonyl (C=O) groups is 1. The van der Waals surface area contributed by atoms with Crippen molar-refractivity contribution >= 4 is 28.5 Å². The topological polar surface area (TPSA) is 76.7 Å². The second-order valence-corrected chi connectivity index (χ2v) is 7.31. The number of nitrogens with two attached hydrogens (primary N) is 1. The molecule has 1 amide bonds. The first-order valence-electron chi connectivity index (χ1n) is 8.21. The van der Waals surface area contributed by atoms with Gasteiger partial charge in [0.1, 0.15) is 11.6 Å². The molecular weight excluding hydrogens is 353 g/mol. The molecule has 1 aliphatic rings. The molecule has 26 heavy (non-hydrogen) atoms. The molecule has 2 aromatic rings. The van der Waals surface area contributed by atoms with Crippen LogP contribution in [-0.2, 0) is 10.3 Å². The molecule has 7 heteroatoms. The quantitative estimate of drug-likeness (QED) is 0.841. The summed E-state index contributed by atoms with van der Waals surface area (Å²) in [5, 5.41) is 3.39. The lowest BCUT2D eigenvalue weighted by atomic mass is 9.89. The number of ether oxygens (including phenoxy) is 1. The van der Waals surface area contributed by atoms with E-state index >= 15 is 0 Å². The van der Waals surface area contributed by atoms with E-state index in [9.17, 15) is 9.18 Å². The Hall–Kier alpha value is -2.54. The van der Waals surface area contributed by atoms with E-state index in [-0.39, 0.29) is 23.9 Å². The highest BCUT2D eigenvalue weighted by Crippen LogP contribution is 2.35. The molecule has 136 valence electrons. The molecule has 1 aliphatic heterocycles. The summed E-state index contributed by atoms with van der Waals surface area (Å²) in [6, 6.07) is 13.1. The number of amidine groups is 1. The van der Waals surface area contributed by atoms with Gasteiger partial charge in [0.05, 0.1) is 5.54 Å². The largest absolute Gasteiger partial charge is 0.484 e. The van der Waals surface area contributed by atoms with Gasteiger partial charge in [0.25, 0.3) is 5.91 Å². The van der Waals surface area contributed by atoms with E-state index in [1.165, 1.54) is 24.3 Å². The molecule has 5 nitrogen and oxygen atoms in total. The number of halogens is 1. The molecule has 1 atom stereocenters. The van der Waals surface area contributed by atoms with Crippen molar-refractivity contribution in [3.8, 4) is 5.75 Å². The average Bonchev–Trinajstić information content (AvgIpc) is 2.61. The first kappa shape index (κ1) is 18.3. The van der Waals surface area contributed by atoms with Crippen molar-refractivity contribution in [2.24, 2.45) is 10.7 Å². The number of hydrogen-bond donors (Lipinski definition) is 2. The average molecular weight is 373 g/mol. The molecule has 1 unspecified atom stereocenters. The highest BCUT2D eigenvalue weighted by atomic mass is 32.2. The maximum atomic E-state index is 12.9. The third-order valence-electron chi connectivity index (χ3n) is 4.15. The van der Waals surface area contributed by atoms with Gasteiger partial charge in [-0.2, -0.15) is 0 Å². The van der Waals surface area contributed by atoms with Crippen LogP contribution in [0.4, 0.5) is 10.1 Å². The van der Waals surface area contributed by atoms with Gasteiger partial charge in [-0.05, 0) is 55.3 Å². The molecule has 0 aromatic heterocycles. The first-order chi connectivity index (χ1) is 12.4. The Kier molecular flexibility index (Phi) is 5.46. The molecule has 2 aromatic carbocycles. The normalized spacial score (nSPS) is 19.5. The summed E-state index contributed by atoms with van der Waals surface area (Å²) in [7, 11) is 0. The zero-order valence-corrected chi connectivity index (χ0v) is 15.2. The number of aliphatic imine (C=N–C) groups is 1. The standard InChI is InChI=1S/C19H20FN3O2S/c1-19(9-10-26-18(21)23-19)13-3-2-4-15(11-13)22-17(24)12-25-16-7-5-14(20)6-8-16/h2-8,11H,9-10,12H2,1H3,(H2,21,23)(H,22,24). The van der Waals surface area contributed by atoms with Crippen LogP contribution in [0.15, 0.2) is 53.5 Å². The van der Waals surface area contributed by atoms with Gasteiger partial charge in [-0.15, -0.1) is 0 Å². The fourth-order valence-corrected chi connectivity index (χ4v) is 3.68. The number of amides is 1. The Bertz CT molecular complexity index is 826. The van der Waals surface area contributed by atoms with Gasteiger partial charge < -0.3 is 15.8 Å². The van der Waals surface area contributed by atoms with Gasteiger partial charge in [-0.3, -0.25) is 9.79 Å². The maximum absolute atomic E-state index is 12.9. The predicted octanol–water partition coefficient (Wildman–Crippen LogP) is 3.51. The molecule has 0 spiro atoms. The van der Waals surface area contributed by atoms with Crippen molar-refractivity contribution in [2.45, 2.75) is 18.9 Å². The van der Waals surface area contributed by atoms with Gasteiger partial charge in [0.2, 0.25) is 0 Å². The highest BCUT2D eigenvalue weighted by molar-refractivity contribution is 8.13. The van der Waals surface area contributed by atoms with Crippen LogP contribution in [-0.4, -0.2) is 23.4 Å². The van der Waals surface area contributed by atoms with Crippen molar-refractivity contribution in [1.29, 1.82) is 0 Å². The van der Waals surface area contributed by atoms with E-state index in [0.717, 1.165) is 17.7 Å². The maximum Gasteiger partial charge on any atom is 0.262 e. The number of hydrogen-bond acceptors (Lipinski definition) is 5. The first-order valence-corrected chi connectivity index (χ1v) is 9.20. The van der Waals surface area contributed by atoms with Gasteiger partial charge in [-0.25, -0.2) is 4.39 Å². The van der Waals surface area contributed by atoms with E-state index in [1.807, 2.05) is 31.2 Å². The summed E-state index contributed by atoms with van der Waals surface area (Å²) in [5.74, 6) is 0.705. The van der Waals surface area contributed by atoms with Crippen molar-refractivity contribution in [1.82, 2.24) is 0 Å². The minimum Gasteiger partial charge on any atom is -0.484 e. The van der Waals surface area contributed by atoms with Crippen LogP contribution in [0.2, 0.25) is 0 Å². The smallest absolute Gasteiger partial charge is 0.262 e. The Labute approximate surface area is 155 Å². The van der Waals surface area contributed by atoms with Gasteiger partial charge in [0, 0.05) is 11.4 Å². The van der Waals surface area contributed by atoms with Crippen LogP contribution < -0.4 is 15.8 Å². The number of rotatable bonds is 5. The Morgan fingerprint density at radius 3 is 2.85 bits per heavy atom. The summed E-state index contributed by atoms with van der Waals surface area (Å²) < 4.78 is 18.2. The number of thioether (sulfide) groups is 1. The monoisotopic (exact) mass is 373 g/mol. The lowest BCUT2D eigenvalue weighted by Gasteiger charge is -2.30. The van der Waals surface area contributed by atoms with Crippen molar-refractivity contribution in [3.63, 3.8) is 0 Å². The number of nitrogens with one attached hydrogen (secondary N) is 1. The summed E-state index contributed by atoms with van der Waals surface area (Å²) >= 11 is 1.55. The van der Waals surface area contributed by atoms with Crippen LogP contribution in [0.25, 0.3) is 0 Å². The zero-order valence-electron chi connectivity index (χ0n) is 14.4. The Morgan fingerprint density at radius 2 is 2.12 bits per heavy atom. The fraction of sp³-hybridized carbons (Fsp3) is 0.263. The van der Waals surface area contributed by atoms with E-state index in [1.54, 1.807) is 11.8 Å². The zero-order chi connectivity index (χ0) is 18.6. The molecule has 3 rings (SSSR count). The van der Waals surface area contributed by atoms with Crippen molar-refractivity contribution < 1.29 is 13.9 Å². The fourth-order valence-electron chi connectivity index (χ4n) is 2.70.